The Morgan fingerprint density at radius 1 is 0.600 bits per heavy atom. The second-order valence-electron chi connectivity index (χ2n) is 5.51. The first-order valence-electron chi connectivity index (χ1n) is 8.24. The van der Waals surface area contributed by atoms with Crippen LogP contribution in [0.2, 0.25) is 0 Å². The lowest BCUT2D eigenvalue weighted by Gasteiger charge is -2.29. The molecule has 7 nitrogen and oxygen atoms in total. The number of hydrogen-bond donors (Lipinski definition) is 0. The number of aldehydes is 4. The third-order valence-electron chi connectivity index (χ3n) is 3.82. The topological polar surface area (TPSA) is 78.0 Å². The van der Waals surface area contributed by atoms with Gasteiger partial charge in [0, 0.05) is 31.9 Å². The number of anilines is 1. The van der Waals surface area contributed by atoms with Crippen LogP contribution in [0.1, 0.15) is 0 Å². The van der Waals surface area contributed by atoms with Crippen LogP contribution >= 0.6 is 0 Å². The van der Waals surface area contributed by atoms with Crippen LogP contribution in [0.25, 0.3) is 0 Å². The smallest absolute Gasteiger partial charge is 0.133 e. The number of carbonyl (C=O) groups is 4. The van der Waals surface area contributed by atoms with Crippen LogP contribution in [0.4, 0.5) is 5.69 Å². The maximum absolute atomic E-state index is 10.7. The summed E-state index contributed by atoms with van der Waals surface area (Å²) in [5.41, 5.74) is 1.01. The Bertz CT molecular complexity index is 476. The minimum Gasteiger partial charge on any atom is -0.369 e. The van der Waals surface area contributed by atoms with Gasteiger partial charge in [0.25, 0.3) is 0 Å². The van der Waals surface area contributed by atoms with Crippen LogP contribution in [0, 0.1) is 0 Å². The van der Waals surface area contributed by atoms with E-state index in [1.165, 1.54) is 0 Å². The molecule has 0 aliphatic rings. The molecule has 0 saturated heterocycles. The largest absolute Gasteiger partial charge is 0.369 e. The molecule has 0 N–H and O–H groups in total. The molecule has 1 aromatic carbocycles. The van der Waals surface area contributed by atoms with Gasteiger partial charge in [-0.15, -0.1) is 0 Å². The Morgan fingerprint density at radius 3 is 1.36 bits per heavy atom. The summed E-state index contributed by atoms with van der Waals surface area (Å²) in [5, 5.41) is 0. The Balaban J connectivity index is 2.72. The van der Waals surface area contributed by atoms with Crippen molar-refractivity contribution in [2.45, 2.75) is 0 Å². The summed E-state index contributed by atoms with van der Waals surface area (Å²) in [6.07, 6.45) is 3.14. The molecule has 1 rings (SSSR count). The standard InChI is InChI=1S/C18H25N3O4/c22-14-10-19(11-15-23)6-8-21(18-4-2-1-3-5-18)9-7-20(12-16-24)13-17-25/h1-5,14-17H,6-13H2. The minimum atomic E-state index is 0.212. The molecular formula is C18H25N3O4. The Kier molecular flexibility index (Phi) is 10.7. The quantitative estimate of drug-likeness (QED) is 0.410. The maximum atomic E-state index is 10.7. The summed E-state index contributed by atoms with van der Waals surface area (Å²) in [7, 11) is 0. The molecule has 0 heterocycles. The molecule has 0 unspecified atom stereocenters. The van der Waals surface area contributed by atoms with Gasteiger partial charge in [0.05, 0.1) is 26.2 Å². The summed E-state index contributed by atoms with van der Waals surface area (Å²) in [6, 6.07) is 9.76. The summed E-state index contributed by atoms with van der Waals surface area (Å²) in [6.45, 7) is 3.23. The van der Waals surface area contributed by atoms with Gasteiger partial charge in [-0.3, -0.25) is 9.80 Å². The fourth-order valence-electron chi connectivity index (χ4n) is 2.47. The SMILES string of the molecule is O=CCN(CC=O)CCN(CCN(CC=O)CC=O)c1ccccc1. The van der Waals surface area contributed by atoms with E-state index in [1.807, 2.05) is 30.3 Å². The molecule has 0 atom stereocenters. The molecule has 0 aliphatic carbocycles. The van der Waals surface area contributed by atoms with Crippen molar-refractivity contribution >= 4 is 30.8 Å². The van der Waals surface area contributed by atoms with Crippen molar-refractivity contribution in [1.82, 2.24) is 9.80 Å². The number of nitrogens with zero attached hydrogens (tertiary/aromatic N) is 3. The van der Waals surface area contributed by atoms with Gasteiger partial charge in [-0.1, -0.05) is 18.2 Å². The van der Waals surface area contributed by atoms with Gasteiger partial charge in [-0.05, 0) is 12.1 Å². The average Bonchev–Trinajstić information content (AvgIpc) is 2.63. The van der Waals surface area contributed by atoms with Gasteiger partial charge in [0.15, 0.2) is 0 Å². The van der Waals surface area contributed by atoms with Crippen LogP contribution in [-0.4, -0.2) is 87.3 Å². The highest BCUT2D eigenvalue weighted by atomic mass is 16.1. The van der Waals surface area contributed by atoms with Crippen LogP contribution < -0.4 is 4.90 Å². The molecule has 0 saturated carbocycles. The zero-order chi connectivity index (χ0) is 18.3. The second kappa shape index (κ2) is 13.0. The molecule has 136 valence electrons. The van der Waals surface area contributed by atoms with E-state index in [9.17, 15) is 19.2 Å². The van der Waals surface area contributed by atoms with Crippen molar-refractivity contribution in [2.24, 2.45) is 0 Å². The molecule has 7 heteroatoms. The van der Waals surface area contributed by atoms with Crippen LogP contribution in [0.3, 0.4) is 0 Å². The minimum absolute atomic E-state index is 0.212. The van der Waals surface area contributed by atoms with Gasteiger partial charge in [-0.25, -0.2) is 0 Å². The highest BCUT2D eigenvalue weighted by Crippen LogP contribution is 2.13. The van der Waals surface area contributed by atoms with Crippen LogP contribution in [0.5, 0.6) is 0 Å². The van der Waals surface area contributed by atoms with Gasteiger partial charge < -0.3 is 24.1 Å². The summed E-state index contributed by atoms with van der Waals surface area (Å²) in [5.74, 6) is 0. The van der Waals surface area contributed by atoms with E-state index in [0.717, 1.165) is 30.8 Å². The molecule has 0 radical (unpaired) electrons. The van der Waals surface area contributed by atoms with E-state index in [1.54, 1.807) is 9.80 Å². The number of hydrogen-bond acceptors (Lipinski definition) is 7. The lowest BCUT2D eigenvalue weighted by Crippen LogP contribution is -2.41. The molecule has 0 spiro atoms. The van der Waals surface area contributed by atoms with E-state index < -0.39 is 0 Å². The van der Waals surface area contributed by atoms with Gasteiger partial charge in [0.2, 0.25) is 0 Å². The van der Waals surface area contributed by atoms with Crippen molar-refractivity contribution in [3.8, 4) is 0 Å². The summed E-state index contributed by atoms with van der Waals surface area (Å²) < 4.78 is 0. The monoisotopic (exact) mass is 347 g/mol. The number of rotatable bonds is 15. The molecule has 0 bridgehead atoms. The normalized spacial score (nSPS) is 10.6. The first-order chi connectivity index (χ1) is 12.2. The second-order valence-corrected chi connectivity index (χ2v) is 5.51. The fourth-order valence-corrected chi connectivity index (χ4v) is 2.47. The predicted molar refractivity (Wildman–Crippen MR) is 95.8 cm³/mol. The lowest BCUT2D eigenvalue weighted by molar-refractivity contribution is -0.112. The van der Waals surface area contributed by atoms with E-state index in [2.05, 4.69) is 4.90 Å². The molecule has 1 aromatic rings. The van der Waals surface area contributed by atoms with Crippen molar-refractivity contribution in [1.29, 1.82) is 0 Å². The molecule has 0 fully saturated rings. The van der Waals surface area contributed by atoms with Crippen molar-refractivity contribution < 1.29 is 19.2 Å². The number of carbonyl (C=O) groups excluding carboxylic acids is 4. The third-order valence-corrected chi connectivity index (χ3v) is 3.82. The molecule has 0 aliphatic heterocycles. The van der Waals surface area contributed by atoms with E-state index in [4.69, 9.17) is 0 Å². The highest BCUT2D eigenvalue weighted by molar-refractivity contribution is 5.57. The van der Waals surface area contributed by atoms with Crippen molar-refractivity contribution in [3.63, 3.8) is 0 Å². The van der Waals surface area contributed by atoms with Crippen molar-refractivity contribution in [2.75, 3.05) is 57.3 Å². The van der Waals surface area contributed by atoms with Crippen LogP contribution in [0.15, 0.2) is 30.3 Å². The number of para-hydroxylation sites is 1. The van der Waals surface area contributed by atoms with E-state index >= 15 is 0 Å². The fraction of sp³-hybridized carbons (Fsp3) is 0.444. The summed E-state index contributed by atoms with van der Waals surface area (Å²) in [4.78, 5) is 48.5. The van der Waals surface area contributed by atoms with Gasteiger partial charge in [0.1, 0.15) is 25.1 Å². The number of benzene rings is 1. The predicted octanol–water partition coefficient (Wildman–Crippen LogP) is -0.107. The summed E-state index contributed by atoms with van der Waals surface area (Å²) >= 11 is 0. The Labute approximate surface area is 148 Å². The Hall–Kier alpha value is -2.38. The Morgan fingerprint density at radius 2 is 1.00 bits per heavy atom. The first kappa shape index (κ1) is 20.7. The first-order valence-corrected chi connectivity index (χ1v) is 8.24. The maximum Gasteiger partial charge on any atom is 0.133 e. The zero-order valence-corrected chi connectivity index (χ0v) is 14.3. The van der Waals surface area contributed by atoms with Gasteiger partial charge in [-0.2, -0.15) is 0 Å². The molecule has 0 amide bonds. The lowest BCUT2D eigenvalue weighted by atomic mass is 10.2. The van der Waals surface area contributed by atoms with E-state index in [-0.39, 0.29) is 26.2 Å². The van der Waals surface area contributed by atoms with Crippen LogP contribution in [-0.2, 0) is 19.2 Å². The van der Waals surface area contributed by atoms with E-state index in [0.29, 0.717) is 26.2 Å². The zero-order valence-electron chi connectivity index (χ0n) is 14.3. The molecule has 25 heavy (non-hydrogen) atoms. The van der Waals surface area contributed by atoms with Gasteiger partial charge >= 0.3 is 0 Å². The molecule has 0 aromatic heterocycles. The van der Waals surface area contributed by atoms with Crippen molar-refractivity contribution in [3.05, 3.63) is 30.3 Å². The highest BCUT2D eigenvalue weighted by Gasteiger charge is 2.12. The molecular weight excluding hydrogens is 322 g/mol. The average molecular weight is 347 g/mol. The third kappa shape index (κ3) is 8.32.